The second kappa shape index (κ2) is 4.74. The molecule has 2 aromatic heterocycles. The Morgan fingerprint density at radius 3 is 3.00 bits per heavy atom. The van der Waals surface area contributed by atoms with E-state index >= 15 is 0 Å². The first kappa shape index (κ1) is 12.8. The molecule has 0 radical (unpaired) electrons. The van der Waals surface area contributed by atoms with E-state index in [1.165, 1.54) is 0 Å². The molecule has 104 valence electrons. The normalized spacial score (nSPS) is 17.8. The highest BCUT2D eigenvalue weighted by Gasteiger charge is 2.28. The maximum atomic E-state index is 11.4. The van der Waals surface area contributed by atoms with Crippen LogP contribution in [0, 0.1) is 12.8 Å². The molecule has 0 saturated carbocycles. The molecular weight excluding hydrogens is 254 g/mol. The van der Waals surface area contributed by atoms with Crippen LogP contribution in [-0.2, 0) is 12.8 Å². The van der Waals surface area contributed by atoms with Crippen molar-refractivity contribution in [3.05, 3.63) is 40.8 Å². The molecule has 1 atom stereocenters. The van der Waals surface area contributed by atoms with Crippen LogP contribution in [0.15, 0.2) is 18.3 Å². The van der Waals surface area contributed by atoms with Gasteiger partial charge >= 0.3 is 5.97 Å². The Hall–Kier alpha value is -2.17. The van der Waals surface area contributed by atoms with Gasteiger partial charge in [-0.25, -0.2) is 14.5 Å². The van der Waals surface area contributed by atoms with Crippen molar-refractivity contribution in [1.29, 1.82) is 0 Å². The van der Waals surface area contributed by atoms with Crippen LogP contribution >= 0.6 is 0 Å². The molecule has 2 heterocycles. The molecule has 3 rings (SSSR count). The first-order valence-corrected chi connectivity index (χ1v) is 6.83. The van der Waals surface area contributed by atoms with Crippen LogP contribution in [-0.4, -0.2) is 25.8 Å². The van der Waals surface area contributed by atoms with Gasteiger partial charge < -0.3 is 5.11 Å². The van der Waals surface area contributed by atoms with E-state index in [-0.39, 0.29) is 5.69 Å². The minimum atomic E-state index is -0.956. The molecule has 1 N–H and O–H groups in total. The van der Waals surface area contributed by atoms with Gasteiger partial charge in [-0.3, -0.25) is 0 Å². The van der Waals surface area contributed by atoms with E-state index in [2.05, 4.69) is 17.0 Å². The number of carboxylic acid groups (broad SMARTS) is 1. The summed E-state index contributed by atoms with van der Waals surface area (Å²) in [6.07, 6.45) is 4.38. The average Bonchev–Trinajstić information content (AvgIpc) is 2.77. The fourth-order valence-electron chi connectivity index (χ4n) is 2.78. The van der Waals surface area contributed by atoms with Crippen LogP contribution < -0.4 is 0 Å². The van der Waals surface area contributed by atoms with Crippen LogP contribution in [0.25, 0.3) is 5.82 Å². The van der Waals surface area contributed by atoms with Crippen LogP contribution in [0.2, 0.25) is 0 Å². The Balaban J connectivity index is 2.18. The summed E-state index contributed by atoms with van der Waals surface area (Å²) in [5, 5.41) is 13.6. The summed E-state index contributed by atoms with van der Waals surface area (Å²) in [5.74, 6) is 0.287. The van der Waals surface area contributed by atoms with Crippen molar-refractivity contribution in [3.63, 3.8) is 0 Å². The number of aromatic nitrogens is 3. The molecule has 0 bridgehead atoms. The summed E-state index contributed by atoms with van der Waals surface area (Å²) in [4.78, 5) is 15.7. The third-order valence-electron chi connectivity index (χ3n) is 3.84. The van der Waals surface area contributed by atoms with E-state index < -0.39 is 5.97 Å². The lowest BCUT2D eigenvalue weighted by Crippen LogP contribution is -2.15. The van der Waals surface area contributed by atoms with Crippen molar-refractivity contribution in [2.75, 3.05) is 0 Å². The van der Waals surface area contributed by atoms with Crippen LogP contribution in [0.4, 0.5) is 0 Å². The van der Waals surface area contributed by atoms with Gasteiger partial charge in [-0.05, 0) is 49.8 Å². The molecule has 1 aliphatic rings. The van der Waals surface area contributed by atoms with E-state index in [9.17, 15) is 9.90 Å². The number of pyridine rings is 1. The number of carboxylic acids is 1. The number of aryl methyl sites for hydroxylation is 1. The quantitative estimate of drug-likeness (QED) is 0.910. The number of rotatable bonds is 2. The van der Waals surface area contributed by atoms with Gasteiger partial charge in [0.1, 0.15) is 0 Å². The average molecular weight is 271 g/mol. The molecule has 20 heavy (non-hydrogen) atoms. The summed E-state index contributed by atoms with van der Waals surface area (Å²) in [6, 6.07) is 3.85. The maximum absolute atomic E-state index is 11.4. The molecule has 1 unspecified atom stereocenters. The molecule has 2 aromatic rings. The number of fused-ring (bicyclic) bond motifs is 1. The predicted molar refractivity (Wildman–Crippen MR) is 74.2 cm³/mol. The number of hydrogen-bond acceptors (Lipinski definition) is 3. The minimum Gasteiger partial charge on any atom is -0.476 e. The maximum Gasteiger partial charge on any atom is 0.356 e. The molecule has 0 amide bonds. The van der Waals surface area contributed by atoms with E-state index in [0.29, 0.717) is 11.7 Å². The van der Waals surface area contributed by atoms with Crippen molar-refractivity contribution in [3.8, 4) is 5.82 Å². The van der Waals surface area contributed by atoms with Crippen molar-refractivity contribution in [1.82, 2.24) is 14.8 Å². The summed E-state index contributed by atoms with van der Waals surface area (Å²) < 4.78 is 1.71. The highest BCUT2D eigenvalue weighted by molar-refractivity contribution is 5.87. The van der Waals surface area contributed by atoms with Gasteiger partial charge in [0.25, 0.3) is 0 Å². The van der Waals surface area contributed by atoms with Crippen LogP contribution in [0.1, 0.15) is 40.7 Å². The molecule has 5 nitrogen and oxygen atoms in total. The SMILES string of the molecule is Cc1ccnc(-n2nc(C(=O)O)c3c2CC(C)CC3)c1. The minimum absolute atomic E-state index is 0.176. The molecule has 5 heteroatoms. The smallest absolute Gasteiger partial charge is 0.356 e. The zero-order valence-corrected chi connectivity index (χ0v) is 11.6. The summed E-state index contributed by atoms with van der Waals surface area (Å²) in [5.41, 5.74) is 3.13. The Morgan fingerprint density at radius 1 is 1.50 bits per heavy atom. The Kier molecular flexibility index (Phi) is 3.04. The second-order valence-corrected chi connectivity index (χ2v) is 5.53. The number of carbonyl (C=O) groups is 1. The van der Waals surface area contributed by atoms with Gasteiger partial charge in [0.05, 0.1) is 5.69 Å². The number of hydrogen-bond donors (Lipinski definition) is 1. The second-order valence-electron chi connectivity index (χ2n) is 5.53. The molecular formula is C15H17N3O2. The van der Waals surface area contributed by atoms with E-state index in [0.717, 1.165) is 36.1 Å². The van der Waals surface area contributed by atoms with Gasteiger partial charge in [0.15, 0.2) is 11.5 Å². The largest absolute Gasteiger partial charge is 0.476 e. The topological polar surface area (TPSA) is 68.0 Å². The highest BCUT2D eigenvalue weighted by atomic mass is 16.4. The lowest BCUT2D eigenvalue weighted by molar-refractivity contribution is 0.0688. The van der Waals surface area contributed by atoms with Crippen molar-refractivity contribution in [2.45, 2.75) is 33.1 Å². The monoisotopic (exact) mass is 271 g/mol. The zero-order chi connectivity index (χ0) is 14.3. The zero-order valence-electron chi connectivity index (χ0n) is 11.6. The fraction of sp³-hybridized carbons (Fsp3) is 0.400. The third-order valence-corrected chi connectivity index (χ3v) is 3.84. The first-order valence-electron chi connectivity index (χ1n) is 6.83. The fourth-order valence-corrected chi connectivity index (χ4v) is 2.78. The van der Waals surface area contributed by atoms with E-state index in [1.54, 1.807) is 10.9 Å². The molecule has 0 aromatic carbocycles. The standard InChI is InChI=1S/C15H17N3O2/c1-9-3-4-11-12(7-9)18(17-14(11)15(19)20)13-8-10(2)5-6-16-13/h5-6,8-9H,3-4,7H2,1-2H3,(H,19,20). The summed E-state index contributed by atoms with van der Waals surface area (Å²) >= 11 is 0. The Labute approximate surface area is 117 Å². The summed E-state index contributed by atoms with van der Waals surface area (Å²) in [6.45, 7) is 4.17. The molecule has 0 saturated heterocycles. The molecule has 1 aliphatic carbocycles. The Bertz CT molecular complexity index is 676. The van der Waals surface area contributed by atoms with Crippen molar-refractivity contribution >= 4 is 5.97 Å². The third kappa shape index (κ3) is 2.09. The predicted octanol–water partition coefficient (Wildman–Crippen LogP) is 2.40. The first-order chi connectivity index (χ1) is 9.56. The van der Waals surface area contributed by atoms with Gasteiger partial charge in [-0.2, -0.15) is 5.10 Å². The Morgan fingerprint density at radius 2 is 2.30 bits per heavy atom. The van der Waals surface area contributed by atoms with Crippen LogP contribution in [0.5, 0.6) is 0 Å². The number of nitrogens with zero attached hydrogens (tertiary/aromatic N) is 3. The molecule has 0 aliphatic heterocycles. The lowest BCUT2D eigenvalue weighted by atomic mass is 9.88. The van der Waals surface area contributed by atoms with Gasteiger partial charge in [-0.1, -0.05) is 6.92 Å². The number of aromatic carboxylic acids is 1. The highest BCUT2D eigenvalue weighted by Crippen LogP contribution is 2.29. The van der Waals surface area contributed by atoms with Gasteiger partial charge in [0, 0.05) is 11.8 Å². The van der Waals surface area contributed by atoms with E-state index in [1.807, 2.05) is 19.1 Å². The van der Waals surface area contributed by atoms with Gasteiger partial charge in [-0.15, -0.1) is 0 Å². The van der Waals surface area contributed by atoms with Crippen molar-refractivity contribution in [2.24, 2.45) is 5.92 Å². The summed E-state index contributed by atoms with van der Waals surface area (Å²) in [7, 11) is 0. The van der Waals surface area contributed by atoms with Crippen molar-refractivity contribution < 1.29 is 9.90 Å². The van der Waals surface area contributed by atoms with Gasteiger partial charge in [0.2, 0.25) is 0 Å². The van der Waals surface area contributed by atoms with Crippen LogP contribution in [0.3, 0.4) is 0 Å². The lowest BCUT2D eigenvalue weighted by Gasteiger charge is -2.19. The molecule has 0 fully saturated rings. The molecule has 0 spiro atoms. The van der Waals surface area contributed by atoms with E-state index in [4.69, 9.17) is 0 Å².